The number of hydrogen-bond acceptors (Lipinski definition) is 3. The van der Waals surface area contributed by atoms with Crippen LogP contribution in [0.4, 0.5) is 0 Å². The maximum atomic E-state index is 11.9. The van der Waals surface area contributed by atoms with E-state index < -0.39 is 0 Å². The molecule has 1 amide bonds. The van der Waals surface area contributed by atoms with Crippen LogP contribution in [0, 0.1) is 0 Å². The predicted octanol–water partition coefficient (Wildman–Crippen LogP) is -0.807. The van der Waals surface area contributed by atoms with Crippen LogP contribution in [0.5, 0.6) is 0 Å². The van der Waals surface area contributed by atoms with Crippen LogP contribution in [-0.2, 0) is 4.79 Å². The average molecular weight is 288 g/mol. The van der Waals surface area contributed by atoms with Gasteiger partial charge in [-0.3, -0.25) is 15.0 Å². The van der Waals surface area contributed by atoms with E-state index in [4.69, 9.17) is 0 Å². The van der Waals surface area contributed by atoms with E-state index in [1.807, 2.05) is 21.1 Å². The van der Waals surface area contributed by atoms with E-state index in [1.54, 1.807) is 11.8 Å². The maximum Gasteiger partial charge on any atom is 0.280 e. The Morgan fingerprint density at radius 2 is 2.11 bits per heavy atom. The molecule has 1 heterocycles. The quantitative estimate of drug-likeness (QED) is 0.561. The van der Waals surface area contributed by atoms with Crippen LogP contribution >= 0.6 is 11.8 Å². The number of quaternary nitrogens is 2. The fraction of sp³-hybridized carbons (Fsp3) is 0.769. The number of rotatable bonds is 6. The Hall–Kier alpha value is -0.560. The number of amides is 1. The van der Waals surface area contributed by atoms with E-state index in [1.165, 1.54) is 9.81 Å². The van der Waals surface area contributed by atoms with Gasteiger partial charge in [0.25, 0.3) is 5.91 Å². The summed E-state index contributed by atoms with van der Waals surface area (Å²) in [7, 11) is 8.14. The highest BCUT2D eigenvalue weighted by atomic mass is 32.2. The first-order valence-corrected chi connectivity index (χ1v) is 7.59. The number of thioether (sulfide) groups is 1. The fourth-order valence-electron chi connectivity index (χ4n) is 1.77. The molecule has 0 saturated carbocycles. The molecule has 5 nitrogen and oxygen atoms in total. The number of nitrogens with zero attached hydrogens (tertiary/aromatic N) is 1. The Morgan fingerprint density at radius 3 is 2.63 bits per heavy atom. The molecule has 0 fully saturated rings. The van der Waals surface area contributed by atoms with Crippen LogP contribution in [0.1, 0.15) is 13.8 Å². The van der Waals surface area contributed by atoms with E-state index in [2.05, 4.69) is 37.7 Å². The summed E-state index contributed by atoms with van der Waals surface area (Å²) in [5.74, 6) is 0.107. The normalized spacial score (nSPS) is 23.6. The molecule has 0 aromatic heterocycles. The van der Waals surface area contributed by atoms with Crippen molar-refractivity contribution in [1.29, 1.82) is 0 Å². The minimum absolute atomic E-state index is 0.100. The zero-order chi connectivity index (χ0) is 14.6. The molecule has 3 N–H and O–H groups in total. The summed E-state index contributed by atoms with van der Waals surface area (Å²) >= 11 is 1.74. The molecule has 0 bridgehead atoms. The third-order valence-electron chi connectivity index (χ3n) is 2.67. The third-order valence-corrected chi connectivity index (χ3v) is 3.96. The maximum absolute atomic E-state index is 11.9. The predicted molar refractivity (Wildman–Crippen MR) is 80.5 cm³/mol. The topological polar surface area (TPSA) is 45.6 Å². The molecule has 6 heteroatoms. The van der Waals surface area contributed by atoms with Crippen molar-refractivity contribution in [3.63, 3.8) is 0 Å². The number of carbonyl (C=O) groups is 1. The average Bonchev–Trinajstić information content (AvgIpc) is 2.54. The zero-order valence-corrected chi connectivity index (χ0v) is 13.7. The van der Waals surface area contributed by atoms with Gasteiger partial charge >= 0.3 is 0 Å². The minimum Gasteiger partial charge on any atom is -0.323 e. The van der Waals surface area contributed by atoms with Crippen LogP contribution in [0.3, 0.4) is 0 Å². The van der Waals surface area contributed by atoms with Crippen molar-refractivity contribution in [3.8, 4) is 0 Å². The van der Waals surface area contributed by atoms with E-state index in [0.29, 0.717) is 17.1 Å². The lowest BCUT2D eigenvalue weighted by Gasteiger charge is -2.24. The highest BCUT2D eigenvalue weighted by Gasteiger charge is 2.30. The van der Waals surface area contributed by atoms with E-state index in [0.717, 1.165) is 6.54 Å². The van der Waals surface area contributed by atoms with Crippen molar-refractivity contribution in [3.05, 3.63) is 11.1 Å². The monoisotopic (exact) mass is 288 g/mol. The molecule has 1 rings (SSSR count). The van der Waals surface area contributed by atoms with Crippen molar-refractivity contribution in [2.75, 3.05) is 41.3 Å². The Kier molecular flexibility index (Phi) is 5.85. The van der Waals surface area contributed by atoms with Crippen LogP contribution in [0.25, 0.3) is 0 Å². The molecule has 110 valence electrons. The van der Waals surface area contributed by atoms with Crippen LogP contribution in [0.2, 0.25) is 0 Å². The van der Waals surface area contributed by atoms with Crippen molar-refractivity contribution < 1.29 is 14.2 Å². The van der Waals surface area contributed by atoms with Gasteiger partial charge in [-0.1, -0.05) is 13.8 Å². The van der Waals surface area contributed by atoms with Crippen molar-refractivity contribution >= 4 is 17.7 Å². The molecule has 0 aromatic carbocycles. The number of nitrogens with one attached hydrogen (secondary N) is 3. The highest BCUT2D eigenvalue weighted by Crippen LogP contribution is 2.19. The summed E-state index contributed by atoms with van der Waals surface area (Å²) in [4.78, 5) is 14.5. The summed E-state index contributed by atoms with van der Waals surface area (Å²) in [6, 6.07) is 0.480. The molecule has 1 aliphatic rings. The summed E-state index contributed by atoms with van der Waals surface area (Å²) in [5, 5.41) is 6.50. The number of carbonyl (C=O) groups excluding carboxylic acids is 1. The standard InChI is InChI=1S/C13H26N4OS/c1-10(2)14-7-11-8-16(3)13(19-11)15-12(18)9-17(4,5)6/h8,10,13-14H,7,9H2,1-6H3/p+2. The van der Waals surface area contributed by atoms with E-state index >= 15 is 0 Å². The Labute approximate surface area is 121 Å². The van der Waals surface area contributed by atoms with Gasteiger partial charge in [-0.15, -0.1) is 0 Å². The third kappa shape index (κ3) is 6.42. The minimum atomic E-state index is 0.100. The Balaban J connectivity index is 2.40. The molecular formula is C13H28N4OS+2. The van der Waals surface area contributed by atoms with Gasteiger partial charge in [0.05, 0.1) is 33.1 Å². The van der Waals surface area contributed by atoms with Gasteiger partial charge in [-0.2, -0.15) is 0 Å². The van der Waals surface area contributed by atoms with Gasteiger partial charge < -0.3 is 9.80 Å². The second kappa shape index (κ2) is 6.74. The first-order valence-electron chi connectivity index (χ1n) is 6.71. The molecule has 2 unspecified atom stereocenters. The summed E-state index contributed by atoms with van der Waals surface area (Å²) in [6.07, 6.45) is 2.18. The summed E-state index contributed by atoms with van der Waals surface area (Å²) < 4.78 is 0.650. The Morgan fingerprint density at radius 1 is 1.47 bits per heavy atom. The molecule has 2 atom stereocenters. The first-order chi connectivity index (χ1) is 8.67. The van der Waals surface area contributed by atoms with Crippen LogP contribution in [0.15, 0.2) is 11.1 Å². The summed E-state index contributed by atoms with van der Waals surface area (Å²) in [6.45, 7) is 5.65. The fourth-order valence-corrected chi connectivity index (χ4v) is 2.94. The first kappa shape index (κ1) is 16.5. The van der Waals surface area contributed by atoms with E-state index in [-0.39, 0.29) is 11.4 Å². The Bertz CT molecular complexity index is 349. The molecule has 0 spiro atoms. The number of hydrogen-bond donors (Lipinski definition) is 3. The lowest BCUT2D eigenvalue weighted by molar-refractivity contribution is -0.863. The molecule has 0 radical (unpaired) electrons. The molecule has 19 heavy (non-hydrogen) atoms. The van der Waals surface area contributed by atoms with Crippen molar-refractivity contribution in [2.45, 2.75) is 25.4 Å². The van der Waals surface area contributed by atoms with Gasteiger partial charge in [0, 0.05) is 12.6 Å². The zero-order valence-electron chi connectivity index (χ0n) is 12.9. The van der Waals surface area contributed by atoms with Gasteiger partial charge in [0.15, 0.2) is 6.54 Å². The van der Waals surface area contributed by atoms with Gasteiger partial charge in [0.2, 0.25) is 5.50 Å². The smallest absolute Gasteiger partial charge is 0.280 e. The lowest BCUT2D eigenvalue weighted by atomic mass is 10.4. The van der Waals surface area contributed by atoms with Crippen LogP contribution < -0.4 is 15.5 Å². The van der Waals surface area contributed by atoms with Crippen molar-refractivity contribution in [1.82, 2.24) is 10.6 Å². The lowest BCUT2D eigenvalue weighted by Crippen LogP contribution is -3.09. The second-order valence-electron chi connectivity index (χ2n) is 6.40. The largest absolute Gasteiger partial charge is 0.323 e. The number of likely N-dealkylation sites (N-methyl/N-ethyl adjacent to an activating group) is 1. The highest BCUT2D eigenvalue weighted by molar-refractivity contribution is 8.03. The molecule has 1 aliphatic heterocycles. The van der Waals surface area contributed by atoms with Gasteiger partial charge in [0.1, 0.15) is 6.20 Å². The van der Waals surface area contributed by atoms with E-state index in [9.17, 15) is 4.79 Å². The molecule has 0 aliphatic carbocycles. The SMILES string of the molecule is CC(C)NCC1=C[NH+](C)C(NC(=O)C[N+](C)(C)C)S1. The van der Waals surface area contributed by atoms with Crippen molar-refractivity contribution in [2.24, 2.45) is 0 Å². The van der Waals surface area contributed by atoms with Crippen LogP contribution in [-0.4, -0.2) is 63.2 Å². The van der Waals surface area contributed by atoms with Gasteiger partial charge in [-0.25, -0.2) is 0 Å². The molecule has 0 saturated heterocycles. The summed E-state index contributed by atoms with van der Waals surface area (Å²) in [5.41, 5.74) is 0.100. The molecular weight excluding hydrogens is 260 g/mol. The van der Waals surface area contributed by atoms with Gasteiger partial charge in [-0.05, 0) is 11.8 Å². The second-order valence-corrected chi connectivity index (χ2v) is 7.64. The molecule has 0 aromatic rings.